The Balaban J connectivity index is 0.00000256. The van der Waals surface area contributed by atoms with E-state index in [1.807, 2.05) is 48.7 Å². The predicted octanol–water partition coefficient (Wildman–Crippen LogP) is 2.95. The monoisotopic (exact) mass is 526 g/mol. The van der Waals surface area contributed by atoms with Crippen molar-refractivity contribution in [3.63, 3.8) is 0 Å². The lowest BCUT2D eigenvalue weighted by Crippen LogP contribution is -3.00. The van der Waals surface area contributed by atoms with Gasteiger partial charge in [-0.2, -0.15) is 4.57 Å². The van der Waals surface area contributed by atoms with E-state index in [1.54, 1.807) is 23.2 Å². The van der Waals surface area contributed by atoms with Crippen molar-refractivity contribution in [1.82, 2.24) is 0 Å². The van der Waals surface area contributed by atoms with E-state index in [0.29, 0.717) is 0 Å². The Kier molecular flexibility index (Phi) is 7.39. The number of aryl methyl sites for hydroxylation is 1. The highest BCUT2D eigenvalue weighted by atomic mass is 127. The minimum absolute atomic E-state index is 0. The number of anilines is 1. The van der Waals surface area contributed by atoms with Gasteiger partial charge in [-0.3, -0.25) is 9.69 Å². The molecule has 0 spiro atoms. The van der Waals surface area contributed by atoms with E-state index in [9.17, 15) is 4.79 Å². The van der Waals surface area contributed by atoms with E-state index in [2.05, 4.69) is 54.0 Å². The van der Waals surface area contributed by atoms with E-state index in [-0.39, 0.29) is 29.9 Å². The normalized spacial score (nSPS) is 11.4. The van der Waals surface area contributed by atoms with Gasteiger partial charge in [-0.05, 0) is 42.7 Å². The van der Waals surface area contributed by atoms with Gasteiger partial charge in [0.1, 0.15) is 11.2 Å². The second-order valence-corrected chi connectivity index (χ2v) is 7.81. The summed E-state index contributed by atoms with van der Waals surface area (Å²) in [4.78, 5) is 13.6. The van der Waals surface area contributed by atoms with Crippen LogP contribution in [0.5, 0.6) is 0 Å². The van der Waals surface area contributed by atoms with Gasteiger partial charge in [0.05, 0.1) is 5.39 Å². The molecule has 0 fully saturated rings. The quantitative estimate of drug-likeness (QED) is 0.223. The fraction of sp³-hybridized carbons (Fsp3) is 0.120. The first-order valence-electron chi connectivity index (χ1n) is 9.73. The number of benzene rings is 3. The number of nitrogens with zero attached hydrogens (tertiary/aromatic N) is 2. The molecule has 1 amide bonds. The Morgan fingerprint density at radius 2 is 1.73 bits per heavy atom. The van der Waals surface area contributed by atoms with Crippen LogP contribution in [-0.2, 0) is 11.3 Å². The van der Waals surface area contributed by atoms with Gasteiger partial charge >= 0.3 is 0 Å². The van der Waals surface area contributed by atoms with Gasteiger partial charge in [-0.15, -0.1) is 0 Å². The van der Waals surface area contributed by atoms with Gasteiger partial charge in [0.15, 0.2) is 0 Å². The zero-order valence-electron chi connectivity index (χ0n) is 17.0. The number of carbonyl (C=O) groups is 1. The van der Waals surface area contributed by atoms with Crippen molar-refractivity contribution in [2.24, 2.45) is 0 Å². The number of aromatic nitrogens is 1. The molecule has 4 aromatic rings. The second-order valence-electron chi connectivity index (χ2n) is 6.74. The standard InChI is InChI=1S/C25H23N2OS.HI/c1-3-26-24(29-23-17-16-20-11-7-8-14-22(20)25(23)26)15-9-10-18-27(19(2)28)21-12-5-4-6-13-21;/h4-18H,3H2,1-2H3;1H/q+1;/p-1. The minimum atomic E-state index is -0.0159. The van der Waals surface area contributed by atoms with Crippen LogP contribution in [-0.4, -0.2) is 5.91 Å². The van der Waals surface area contributed by atoms with Crippen molar-refractivity contribution in [3.8, 4) is 0 Å². The summed E-state index contributed by atoms with van der Waals surface area (Å²) in [6.45, 7) is 4.65. The number of amides is 1. The van der Waals surface area contributed by atoms with Crippen molar-refractivity contribution in [1.29, 1.82) is 0 Å². The summed E-state index contributed by atoms with van der Waals surface area (Å²) in [5.74, 6) is -0.0159. The van der Waals surface area contributed by atoms with E-state index in [1.165, 1.54) is 26.0 Å². The molecule has 0 atom stereocenters. The predicted molar refractivity (Wildman–Crippen MR) is 123 cm³/mol. The van der Waals surface area contributed by atoms with Crippen LogP contribution >= 0.6 is 11.3 Å². The number of carbonyl (C=O) groups excluding carboxylic acids is 1. The lowest BCUT2D eigenvalue weighted by molar-refractivity contribution is -0.664. The molecule has 0 saturated carbocycles. The molecular formula is C25H23IN2OS. The van der Waals surface area contributed by atoms with Gasteiger partial charge in [-0.25, -0.2) is 0 Å². The highest BCUT2D eigenvalue weighted by Crippen LogP contribution is 2.28. The summed E-state index contributed by atoms with van der Waals surface area (Å²) in [6, 6.07) is 22.6. The molecule has 30 heavy (non-hydrogen) atoms. The van der Waals surface area contributed by atoms with E-state index < -0.39 is 0 Å². The average Bonchev–Trinajstić information content (AvgIpc) is 3.12. The molecule has 0 N–H and O–H groups in total. The second kappa shape index (κ2) is 10.00. The number of thiazole rings is 1. The van der Waals surface area contributed by atoms with Crippen molar-refractivity contribution in [2.75, 3.05) is 4.90 Å². The summed E-state index contributed by atoms with van der Waals surface area (Å²) in [5, 5.41) is 3.73. The molecule has 0 radical (unpaired) electrons. The lowest BCUT2D eigenvalue weighted by atomic mass is 10.1. The number of hydrogen-bond acceptors (Lipinski definition) is 2. The first kappa shape index (κ1) is 22.2. The first-order chi connectivity index (χ1) is 14.2. The number of allylic oxidation sites excluding steroid dienone is 2. The summed E-state index contributed by atoms with van der Waals surface area (Å²) in [5.41, 5.74) is 2.15. The Morgan fingerprint density at radius 1 is 1.00 bits per heavy atom. The van der Waals surface area contributed by atoms with Crippen LogP contribution in [0.2, 0.25) is 0 Å². The van der Waals surface area contributed by atoms with Gasteiger partial charge in [0, 0.05) is 24.9 Å². The molecular weight excluding hydrogens is 503 g/mol. The molecule has 3 aromatic carbocycles. The largest absolute Gasteiger partial charge is 1.00 e. The summed E-state index contributed by atoms with van der Waals surface area (Å²) in [6.07, 6.45) is 7.84. The smallest absolute Gasteiger partial charge is 0.262 e. The zero-order valence-corrected chi connectivity index (χ0v) is 19.9. The van der Waals surface area contributed by atoms with E-state index in [4.69, 9.17) is 0 Å². The van der Waals surface area contributed by atoms with Crippen LogP contribution in [0.25, 0.3) is 27.1 Å². The topological polar surface area (TPSA) is 24.2 Å². The fourth-order valence-electron chi connectivity index (χ4n) is 3.55. The van der Waals surface area contributed by atoms with Crippen molar-refractivity contribution < 1.29 is 33.3 Å². The maximum absolute atomic E-state index is 12.0. The molecule has 4 rings (SSSR count). The van der Waals surface area contributed by atoms with Crippen LogP contribution in [0, 0.1) is 0 Å². The van der Waals surface area contributed by atoms with Gasteiger partial charge in [-0.1, -0.05) is 59.9 Å². The molecule has 0 aliphatic carbocycles. The van der Waals surface area contributed by atoms with Gasteiger partial charge in [0.2, 0.25) is 11.4 Å². The van der Waals surface area contributed by atoms with Crippen LogP contribution < -0.4 is 33.4 Å². The lowest BCUT2D eigenvalue weighted by Gasteiger charge is -2.15. The first-order valence-corrected chi connectivity index (χ1v) is 10.5. The third kappa shape index (κ3) is 4.47. The van der Waals surface area contributed by atoms with E-state index >= 15 is 0 Å². The van der Waals surface area contributed by atoms with Crippen molar-refractivity contribution in [2.45, 2.75) is 20.4 Å². The molecule has 0 aliphatic heterocycles. The highest BCUT2D eigenvalue weighted by molar-refractivity contribution is 7.19. The maximum Gasteiger partial charge on any atom is 0.262 e. The summed E-state index contributed by atoms with van der Waals surface area (Å²) in [7, 11) is 0. The van der Waals surface area contributed by atoms with Gasteiger partial charge < -0.3 is 24.0 Å². The SMILES string of the molecule is CC[n+]1c(/C=C/C=C/N(C(C)=O)c2ccccc2)sc2ccc3ccccc3c21.[I-]. The third-order valence-electron chi connectivity index (χ3n) is 4.89. The Labute approximate surface area is 198 Å². The molecule has 0 unspecified atom stereocenters. The van der Waals surface area contributed by atoms with Crippen molar-refractivity contribution >= 4 is 50.0 Å². The van der Waals surface area contributed by atoms with E-state index in [0.717, 1.165) is 12.2 Å². The number of halogens is 1. The van der Waals surface area contributed by atoms with Crippen molar-refractivity contribution in [3.05, 3.63) is 90.1 Å². The van der Waals surface area contributed by atoms with Gasteiger partial charge in [0.25, 0.3) is 5.01 Å². The molecule has 1 aromatic heterocycles. The third-order valence-corrected chi connectivity index (χ3v) is 6.00. The van der Waals surface area contributed by atoms with Crippen LogP contribution in [0.1, 0.15) is 18.9 Å². The molecule has 1 heterocycles. The minimum Gasteiger partial charge on any atom is -1.00 e. The van der Waals surface area contributed by atoms with Crippen LogP contribution in [0.4, 0.5) is 5.69 Å². The molecule has 0 saturated heterocycles. The number of hydrogen-bond donors (Lipinski definition) is 0. The molecule has 0 bridgehead atoms. The molecule has 5 heteroatoms. The Bertz CT molecular complexity index is 1230. The van der Waals surface area contributed by atoms with Crippen LogP contribution in [0.3, 0.4) is 0 Å². The number of para-hydroxylation sites is 1. The Hall–Kier alpha value is -2.51. The average molecular weight is 526 g/mol. The maximum atomic E-state index is 12.0. The summed E-state index contributed by atoms with van der Waals surface area (Å²) >= 11 is 1.79. The molecule has 3 nitrogen and oxygen atoms in total. The molecule has 0 aliphatic rings. The zero-order chi connectivity index (χ0) is 20.2. The number of fused-ring (bicyclic) bond motifs is 3. The summed E-state index contributed by atoms with van der Waals surface area (Å²) < 4.78 is 3.64. The Morgan fingerprint density at radius 3 is 2.47 bits per heavy atom. The highest BCUT2D eigenvalue weighted by Gasteiger charge is 2.19. The fourth-order valence-corrected chi connectivity index (χ4v) is 4.70. The van der Waals surface area contributed by atoms with Crippen LogP contribution in [0.15, 0.2) is 85.1 Å². The number of rotatable bonds is 5. The molecule has 152 valence electrons.